The first-order chi connectivity index (χ1) is 9.52. The number of hydrogen-bond donors (Lipinski definition) is 1. The predicted octanol–water partition coefficient (Wildman–Crippen LogP) is 2.16. The molecule has 2 N–H and O–H groups in total. The molecule has 0 spiro atoms. The first-order valence-electron chi connectivity index (χ1n) is 6.08. The van der Waals surface area contributed by atoms with E-state index in [1.165, 1.54) is 12.1 Å². The van der Waals surface area contributed by atoms with E-state index in [0.717, 1.165) is 16.3 Å². The molecule has 0 aliphatic heterocycles. The van der Waals surface area contributed by atoms with E-state index in [9.17, 15) is 10.1 Å². The van der Waals surface area contributed by atoms with Crippen LogP contribution < -0.4 is 5.73 Å². The van der Waals surface area contributed by atoms with Gasteiger partial charge in [0.05, 0.1) is 16.7 Å². The Hall–Kier alpha value is -1.83. The van der Waals surface area contributed by atoms with Gasteiger partial charge in [-0.1, -0.05) is 12.1 Å². The Morgan fingerprint density at radius 1 is 1.40 bits per heavy atom. The van der Waals surface area contributed by atoms with Crippen molar-refractivity contribution in [1.29, 1.82) is 0 Å². The van der Waals surface area contributed by atoms with E-state index in [0.29, 0.717) is 6.54 Å². The number of hydrogen-bond acceptors (Lipinski definition) is 6. The van der Waals surface area contributed by atoms with Crippen molar-refractivity contribution >= 4 is 17.0 Å². The summed E-state index contributed by atoms with van der Waals surface area (Å²) >= 11 is 1.55. The van der Waals surface area contributed by atoms with Gasteiger partial charge in [-0.05, 0) is 19.7 Å². The highest BCUT2D eigenvalue weighted by atomic mass is 32.1. The lowest BCUT2D eigenvalue weighted by molar-refractivity contribution is -0.384. The molecule has 1 heterocycles. The summed E-state index contributed by atoms with van der Waals surface area (Å²) < 4.78 is 0. The third kappa shape index (κ3) is 3.01. The Kier molecular flexibility index (Phi) is 4.43. The molecule has 0 radical (unpaired) electrons. The van der Waals surface area contributed by atoms with Gasteiger partial charge in [-0.3, -0.25) is 15.0 Å². The number of nitrogens with zero attached hydrogens (tertiary/aromatic N) is 3. The van der Waals surface area contributed by atoms with Crippen molar-refractivity contribution in [3.8, 4) is 0 Å². The summed E-state index contributed by atoms with van der Waals surface area (Å²) in [5.41, 5.74) is 7.51. The van der Waals surface area contributed by atoms with Gasteiger partial charge in [-0.25, -0.2) is 4.98 Å². The molecular weight excluding hydrogens is 276 g/mol. The minimum absolute atomic E-state index is 0.0268. The molecule has 106 valence electrons. The highest BCUT2D eigenvalue weighted by Gasteiger charge is 2.20. The van der Waals surface area contributed by atoms with Crippen molar-refractivity contribution in [2.75, 3.05) is 14.1 Å². The maximum Gasteiger partial charge on any atom is 0.269 e. The third-order valence-electron chi connectivity index (χ3n) is 2.95. The Morgan fingerprint density at radius 2 is 2.05 bits per heavy atom. The average Bonchev–Trinajstić information content (AvgIpc) is 2.87. The van der Waals surface area contributed by atoms with Gasteiger partial charge in [-0.2, -0.15) is 0 Å². The van der Waals surface area contributed by atoms with E-state index in [-0.39, 0.29) is 11.7 Å². The van der Waals surface area contributed by atoms with Gasteiger partial charge >= 0.3 is 0 Å². The summed E-state index contributed by atoms with van der Waals surface area (Å²) in [6, 6.07) is 6.55. The fourth-order valence-corrected chi connectivity index (χ4v) is 3.03. The van der Waals surface area contributed by atoms with Crippen LogP contribution >= 0.6 is 11.3 Å². The molecule has 2 aromatic rings. The van der Waals surface area contributed by atoms with Crippen molar-refractivity contribution in [3.05, 3.63) is 56.0 Å². The lowest BCUT2D eigenvalue weighted by Crippen LogP contribution is -2.21. The second kappa shape index (κ2) is 6.08. The number of non-ortho nitro benzene ring substituents is 1. The molecule has 7 heteroatoms. The van der Waals surface area contributed by atoms with Crippen LogP contribution in [0.1, 0.15) is 22.3 Å². The van der Waals surface area contributed by atoms with Crippen LogP contribution in [-0.4, -0.2) is 28.9 Å². The summed E-state index contributed by atoms with van der Waals surface area (Å²) in [5.74, 6) is 0. The predicted molar refractivity (Wildman–Crippen MR) is 78.6 cm³/mol. The minimum Gasteiger partial charge on any atom is -0.325 e. The van der Waals surface area contributed by atoms with Gasteiger partial charge < -0.3 is 5.73 Å². The first kappa shape index (κ1) is 14.6. The van der Waals surface area contributed by atoms with E-state index in [2.05, 4.69) is 4.98 Å². The van der Waals surface area contributed by atoms with Crippen LogP contribution in [-0.2, 0) is 6.54 Å². The molecule has 0 aliphatic carbocycles. The van der Waals surface area contributed by atoms with E-state index in [4.69, 9.17) is 5.73 Å². The first-order valence-corrected chi connectivity index (χ1v) is 6.96. The third-order valence-corrected chi connectivity index (χ3v) is 3.89. The molecule has 20 heavy (non-hydrogen) atoms. The maximum atomic E-state index is 10.7. The molecule has 1 aromatic carbocycles. The van der Waals surface area contributed by atoms with E-state index < -0.39 is 4.92 Å². The van der Waals surface area contributed by atoms with Crippen LogP contribution in [0.5, 0.6) is 0 Å². The summed E-state index contributed by atoms with van der Waals surface area (Å²) in [6.45, 7) is 0.414. The van der Waals surface area contributed by atoms with Crippen LogP contribution in [0.15, 0.2) is 29.6 Å². The molecule has 0 amide bonds. The van der Waals surface area contributed by atoms with Crippen molar-refractivity contribution < 1.29 is 4.92 Å². The van der Waals surface area contributed by atoms with Gasteiger partial charge in [-0.15, -0.1) is 11.3 Å². The molecule has 6 nitrogen and oxygen atoms in total. The van der Waals surface area contributed by atoms with Crippen LogP contribution in [0.25, 0.3) is 0 Å². The lowest BCUT2D eigenvalue weighted by atomic mass is 10.1. The molecular formula is C13H16N4O2S. The topological polar surface area (TPSA) is 85.3 Å². The number of rotatable bonds is 5. The number of thiazole rings is 1. The quantitative estimate of drug-likeness (QED) is 0.674. The van der Waals surface area contributed by atoms with Crippen LogP contribution in [0.4, 0.5) is 5.69 Å². The fraction of sp³-hybridized carbons (Fsp3) is 0.308. The second-order valence-electron chi connectivity index (χ2n) is 4.60. The lowest BCUT2D eigenvalue weighted by Gasteiger charge is -2.22. The van der Waals surface area contributed by atoms with Gasteiger partial charge in [0.15, 0.2) is 0 Å². The summed E-state index contributed by atoms with van der Waals surface area (Å²) in [5, 5.41) is 13.6. The van der Waals surface area contributed by atoms with Crippen LogP contribution in [0, 0.1) is 10.1 Å². The molecule has 0 bridgehead atoms. The van der Waals surface area contributed by atoms with Gasteiger partial charge in [0.2, 0.25) is 0 Å². The fourth-order valence-electron chi connectivity index (χ4n) is 1.98. The molecule has 1 aromatic heterocycles. The second-order valence-corrected chi connectivity index (χ2v) is 5.49. The number of aromatic nitrogens is 1. The normalized spacial score (nSPS) is 12.6. The molecule has 2 rings (SSSR count). The molecule has 0 aliphatic rings. The summed E-state index contributed by atoms with van der Waals surface area (Å²) in [6.07, 6.45) is 0. The van der Waals surface area contributed by atoms with E-state index >= 15 is 0 Å². The zero-order valence-electron chi connectivity index (χ0n) is 11.3. The summed E-state index contributed by atoms with van der Waals surface area (Å²) in [7, 11) is 3.91. The van der Waals surface area contributed by atoms with E-state index in [1.807, 2.05) is 24.4 Å². The molecule has 0 saturated carbocycles. The average molecular weight is 292 g/mol. The molecule has 1 unspecified atom stereocenters. The molecule has 1 atom stereocenters. The largest absolute Gasteiger partial charge is 0.325 e. The Balaban J connectivity index is 2.35. The van der Waals surface area contributed by atoms with Gasteiger partial charge in [0.1, 0.15) is 5.01 Å². The number of nitro groups is 1. The van der Waals surface area contributed by atoms with Gasteiger partial charge in [0, 0.05) is 24.1 Å². The Labute approximate surface area is 121 Å². The molecule has 0 saturated heterocycles. The number of nitrogens with two attached hydrogens (primary N) is 1. The molecule has 0 fully saturated rings. The smallest absolute Gasteiger partial charge is 0.269 e. The van der Waals surface area contributed by atoms with E-state index in [1.54, 1.807) is 23.5 Å². The Morgan fingerprint density at radius 3 is 2.50 bits per heavy atom. The van der Waals surface area contributed by atoms with Crippen molar-refractivity contribution in [1.82, 2.24) is 9.88 Å². The minimum atomic E-state index is -0.398. The zero-order chi connectivity index (χ0) is 14.7. The van der Waals surface area contributed by atoms with Crippen molar-refractivity contribution in [3.63, 3.8) is 0 Å². The highest BCUT2D eigenvalue weighted by Crippen LogP contribution is 2.30. The maximum absolute atomic E-state index is 10.7. The number of benzene rings is 1. The standard InChI is InChI=1S/C13H16N4O2S/c1-16(2)12(13-15-10(7-14)8-20-13)9-3-5-11(6-4-9)17(18)19/h3-6,8,12H,7,14H2,1-2H3. The Bertz CT molecular complexity index is 595. The summed E-state index contributed by atoms with van der Waals surface area (Å²) in [4.78, 5) is 16.8. The zero-order valence-corrected chi connectivity index (χ0v) is 12.1. The number of nitro benzene ring substituents is 1. The SMILES string of the molecule is CN(C)C(c1ccc([N+](=O)[O-])cc1)c1nc(CN)cs1. The van der Waals surface area contributed by atoms with Crippen LogP contribution in [0.2, 0.25) is 0 Å². The van der Waals surface area contributed by atoms with Crippen LogP contribution in [0.3, 0.4) is 0 Å². The van der Waals surface area contributed by atoms with Gasteiger partial charge in [0.25, 0.3) is 5.69 Å². The van der Waals surface area contributed by atoms with Crippen molar-refractivity contribution in [2.24, 2.45) is 5.73 Å². The highest BCUT2D eigenvalue weighted by molar-refractivity contribution is 7.09. The monoisotopic (exact) mass is 292 g/mol. The van der Waals surface area contributed by atoms with Crippen molar-refractivity contribution in [2.45, 2.75) is 12.6 Å².